The van der Waals surface area contributed by atoms with Crippen LogP contribution in [0.3, 0.4) is 0 Å². The Morgan fingerprint density at radius 3 is 0.743 bits per heavy atom. The van der Waals surface area contributed by atoms with E-state index in [-0.39, 0.29) is 12.5 Å². The maximum absolute atomic E-state index is 12.5. The fraction of sp³-hybridized carbons (Fsp3) is 0.955. The maximum Gasteiger partial charge on any atom is 0.220 e. The van der Waals surface area contributed by atoms with Crippen molar-refractivity contribution in [2.75, 3.05) is 6.61 Å². The number of carbonyl (C=O) groups is 1. The summed E-state index contributed by atoms with van der Waals surface area (Å²) in [6, 6.07) is -0.619. The van der Waals surface area contributed by atoms with E-state index < -0.39 is 12.1 Å². The molecule has 2 atom stereocenters. The lowest BCUT2D eigenvalue weighted by Gasteiger charge is -2.20. The van der Waals surface area contributed by atoms with Gasteiger partial charge in [0.05, 0.1) is 18.8 Å². The molecule has 0 fully saturated rings. The number of aliphatic hydroxyl groups excluding tert-OH is 2. The van der Waals surface area contributed by atoms with Gasteiger partial charge in [0.15, 0.2) is 0 Å². The summed E-state index contributed by atoms with van der Waals surface area (Å²) in [4.78, 5) is 12.5. The number of aliphatic hydroxyl groups is 2. The molecule has 1 amide bonds. The zero-order valence-electron chi connectivity index (χ0n) is 48.3. The number of rotatable bonds is 62. The van der Waals surface area contributed by atoms with Crippen LogP contribution in [0.25, 0.3) is 0 Å². The van der Waals surface area contributed by atoms with Gasteiger partial charge in [-0.15, -0.1) is 0 Å². The predicted molar refractivity (Wildman–Crippen MR) is 313 cm³/mol. The van der Waals surface area contributed by atoms with Gasteiger partial charge >= 0.3 is 0 Å². The molecule has 0 aliphatic carbocycles. The Kier molecular flexibility index (Phi) is 61.6. The number of amides is 1. The van der Waals surface area contributed by atoms with Crippen molar-refractivity contribution in [1.82, 2.24) is 5.32 Å². The third-order valence-corrected chi connectivity index (χ3v) is 15.8. The van der Waals surface area contributed by atoms with Gasteiger partial charge in [-0.1, -0.05) is 373 Å². The van der Waals surface area contributed by atoms with Crippen molar-refractivity contribution in [3.05, 3.63) is 12.2 Å². The molecule has 4 heteroatoms. The van der Waals surface area contributed by atoms with Gasteiger partial charge in [0.2, 0.25) is 5.91 Å². The van der Waals surface area contributed by atoms with Gasteiger partial charge < -0.3 is 15.5 Å². The smallest absolute Gasteiger partial charge is 0.220 e. The Bertz CT molecular complexity index is 982. The molecular formula is C66H131NO3. The number of hydrogen-bond acceptors (Lipinski definition) is 3. The first-order chi connectivity index (χ1) is 34.7. The summed E-state index contributed by atoms with van der Waals surface area (Å²) in [6.45, 7) is 4.37. The first-order valence-electron chi connectivity index (χ1n) is 32.9. The molecule has 0 aromatic carbocycles. The molecule has 0 radical (unpaired) electrons. The van der Waals surface area contributed by atoms with Crippen LogP contribution in [-0.2, 0) is 4.79 Å². The van der Waals surface area contributed by atoms with Gasteiger partial charge in [0.1, 0.15) is 0 Å². The highest BCUT2D eigenvalue weighted by molar-refractivity contribution is 5.76. The highest BCUT2D eigenvalue weighted by atomic mass is 16.3. The second kappa shape index (κ2) is 62.4. The second-order valence-corrected chi connectivity index (χ2v) is 22.9. The molecule has 0 aromatic heterocycles. The van der Waals surface area contributed by atoms with Gasteiger partial charge in [-0.2, -0.15) is 0 Å². The third kappa shape index (κ3) is 58.0. The molecule has 0 aromatic rings. The van der Waals surface area contributed by atoms with Crippen molar-refractivity contribution < 1.29 is 15.0 Å². The van der Waals surface area contributed by atoms with Crippen molar-refractivity contribution in [2.45, 2.75) is 398 Å². The van der Waals surface area contributed by atoms with E-state index in [1.807, 2.05) is 6.08 Å². The Balaban J connectivity index is 3.41. The topological polar surface area (TPSA) is 69.6 Å². The molecule has 0 aliphatic rings. The SMILES string of the molecule is CCCCCCCCCCCCCCCCCCCCCCCCCCCCCCC/C=C/C(O)C(CO)NC(=O)CCCCCCCCCCCCCCCCCCCCCCCCCCCCC. The molecule has 0 saturated heterocycles. The van der Waals surface area contributed by atoms with Gasteiger partial charge in [0.25, 0.3) is 0 Å². The van der Waals surface area contributed by atoms with Crippen LogP contribution in [0.15, 0.2) is 12.2 Å². The van der Waals surface area contributed by atoms with Crippen LogP contribution in [0.5, 0.6) is 0 Å². The molecule has 0 heterocycles. The van der Waals surface area contributed by atoms with Crippen molar-refractivity contribution in [3.8, 4) is 0 Å². The molecule has 0 spiro atoms. The highest BCUT2D eigenvalue weighted by Gasteiger charge is 2.18. The highest BCUT2D eigenvalue weighted by Crippen LogP contribution is 2.19. The minimum atomic E-state index is -0.837. The van der Waals surface area contributed by atoms with E-state index in [2.05, 4.69) is 19.2 Å². The van der Waals surface area contributed by atoms with Crippen LogP contribution >= 0.6 is 0 Å². The van der Waals surface area contributed by atoms with E-state index >= 15 is 0 Å². The lowest BCUT2D eigenvalue weighted by atomic mass is 10.0. The first kappa shape index (κ1) is 69.1. The average Bonchev–Trinajstić information content (AvgIpc) is 3.36. The van der Waals surface area contributed by atoms with Crippen molar-refractivity contribution in [2.24, 2.45) is 0 Å². The largest absolute Gasteiger partial charge is 0.394 e. The molecule has 0 rings (SSSR count). The number of carbonyl (C=O) groups excluding carboxylic acids is 1. The number of unbranched alkanes of at least 4 members (excludes halogenated alkanes) is 55. The third-order valence-electron chi connectivity index (χ3n) is 15.8. The molecule has 4 nitrogen and oxygen atoms in total. The van der Waals surface area contributed by atoms with E-state index in [1.54, 1.807) is 6.08 Å². The number of allylic oxidation sites excluding steroid dienone is 1. The Hall–Kier alpha value is -0.870. The standard InChI is InChI=1S/C66H131NO3/c1-3-5-7-9-11-13-15-17-19-21-23-25-27-29-31-32-33-34-36-37-39-41-43-45-47-49-51-53-55-57-59-61-65(69)64(63-68)67-66(70)62-60-58-56-54-52-50-48-46-44-42-40-38-35-30-28-26-24-22-20-18-16-14-12-10-8-6-4-2/h59,61,64-65,68-69H,3-58,60,62-63H2,1-2H3,(H,67,70)/b61-59+. The summed E-state index contributed by atoms with van der Waals surface area (Å²) in [6.07, 6.45) is 82.8. The van der Waals surface area contributed by atoms with Crippen LogP contribution in [-0.4, -0.2) is 34.9 Å². The summed E-state index contributed by atoms with van der Waals surface area (Å²) in [5, 5.41) is 23.3. The molecular weight excluding hydrogens is 855 g/mol. The number of nitrogens with one attached hydrogen (secondary N) is 1. The van der Waals surface area contributed by atoms with Crippen molar-refractivity contribution in [1.29, 1.82) is 0 Å². The van der Waals surface area contributed by atoms with E-state index in [0.29, 0.717) is 6.42 Å². The zero-order chi connectivity index (χ0) is 50.6. The van der Waals surface area contributed by atoms with E-state index in [9.17, 15) is 15.0 Å². The zero-order valence-corrected chi connectivity index (χ0v) is 48.3. The summed E-state index contributed by atoms with van der Waals surface area (Å²) in [5.41, 5.74) is 0. The first-order valence-corrected chi connectivity index (χ1v) is 32.9. The molecule has 3 N–H and O–H groups in total. The lowest BCUT2D eigenvalue weighted by molar-refractivity contribution is -0.123. The molecule has 2 unspecified atom stereocenters. The Labute approximate surface area is 441 Å². The molecule has 0 saturated carbocycles. The maximum atomic E-state index is 12.5. The minimum Gasteiger partial charge on any atom is -0.394 e. The quantitative estimate of drug-likeness (QED) is 0.0420. The van der Waals surface area contributed by atoms with Gasteiger partial charge in [-0.3, -0.25) is 4.79 Å². The Morgan fingerprint density at radius 1 is 0.329 bits per heavy atom. The van der Waals surface area contributed by atoms with Crippen LogP contribution in [0.4, 0.5) is 0 Å². The average molecular weight is 987 g/mol. The fourth-order valence-electron chi connectivity index (χ4n) is 10.8. The van der Waals surface area contributed by atoms with Crippen molar-refractivity contribution in [3.63, 3.8) is 0 Å². The van der Waals surface area contributed by atoms with Crippen LogP contribution in [0.1, 0.15) is 386 Å². The van der Waals surface area contributed by atoms with Crippen LogP contribution < -0.4 is 5.32 Å². The fourth-order valence-corrected chi connectivity index (χ4v) is 10.8. The van der Waals surface area contributed by atoms with Gasteiger partial charge in [-0.05, 0) is 19.3 Å². The van der Waals surface area contributed by atoms with E-state index in [1.165, 1.54) is 340 Å². The second-order valence-electron chi connectivity index (χ2n) is 22.9. The normalized spacial score (nSPS) is 12.7. The van der Waals surface area contributed by atoms with E-state index in [0.717, 1.165) is 25.7 Å². The summed E-state index contributed by atoms with van der Waals surface area (Å²) in [7, 11) is 0. The molecule has 0 bridgehead atoms. The van der Waals surface area contributed by atoms with Gasteiger partial charge in [-0.25, -0.2) is 0 Å². The molecule has 0 aliphatic heterocycles. The lowest BCUT2D eigenvalue weighted by Crippen LogP contribution is -2.45. The predicted octanol–water partition coefficient (Wildman–Crippen LogP) is 22.0. The van der Waals surface area contributed by atoms with Crippen molar-refractivity contribution >= 4 is 5.91 Å². The molecule has 70 heavy (non-hydrogen) atoms. The van der Waals surface area contributed by atoms with E-state index in [4.69, 9.17) is 0 Å². The number of hydrogen-bond donors (Lipinski definition) is 3. The summed E-state index contributed by atoms with van der Waals surface area (Å²) in [5.74, 6) is -0.0537. The minimum absolute atomic E-state index is 0.0537. The summed E-state index contributed by atoms with van der Waals surface area (Å²) < 4.78 is 0. The van der Waals surface area contributed by atoms with Crippen LogP contribution in [0, 0.1) is 0 Å². The molecule has 418 valence electrons. The van der Waals surface area contributed by atoms with Crippen LogP contribution in [0.2, 0.25) is 0 Å². The summed E-state index contributed by atoms with van der Waals surface area (Å²) >= 11 is 0. The van der Waals surface area contributed by atoms with Gasteiger partial charge in [0, 0.05) is 6.42 Å². The Morgan fingerprint density at radius 2 is 0.529 bits per heavy atom. The monoisotopic (exact) mass is 986 g/mol.